The SMILES string of the molecule is FC(C(F)(F)C(F)(F)C(F)(F)F)C(F)(F)C(F)(F)C(F)(F)C(F)(F)C(F)(F)C(F)(F)C(F)(F)C(F)(F)F. The van der Waals surface area contributed by atoms with Crippen molar-refractivity contribution in [2.24, 2.45) is 0 Å². The maximum Gasteiger partial charge on any atom is 0.460 e. The van der Waals surface area contributed by atoms with Crippen LogP contribution in [0.15, 0.2) is 0 Å². The van der Waals surface area contributed by atoms with E-state index in [1.54, 1.807) is 0 Å². The molecule has 0 saturated heterocycles. The number of halogens is 25. The molecule has 224 valence electrons. The topological polar surface area (TPSA) is 0 Å². The van der Waals surface area contributed by atoms with Crippen LogP contribution in [0.25, 0.3) is 0 Å². The van der Waals surface area contributed by atoms with Crippen LogP contribution >= 0.6 is 0 Å². The zero-order valence-electron chi connectivity index (χ0n) is 15.5. The van der Waals surface area contributed by atoms with Gasteiger partial charge >= 0.3 is 65.7 Å². The fourth-order valence-electron chi connectivity index (χ4n) is 1.91. The molecule has 0 aliphatic rings. The van der Waals surface area contributed by atoms with Crippen molar-refractivity contribution in [2.45, 2.75) is 71.8 Å². The molecular weight excluding hydrogens is 619 g/mol. The monoisotopic (exact) mass is 620 g/mol. The molecule has 0 aliphatic carbocycles. The number of hydrogen-bond acceptors (Lipinski definition) is 0. The summed E-state index contributed by atoms with van der Waals surface area (Å²) in [7, 11) is 0. The Labute approximate surface area is 183 Å². The summed E-state index contributed by atoms with van der Waals surface area (Å²) in [6.07, 6.45) is -23.5. The summed E-state index contributed by atoms with van der Waals surface area (Å²) in [4.78, 5) is 0. The van der Waals surface area contributed by atoms with Gasteiger partial charge in [-0.25, -0.2) is 4.39 Å². The molecule has 0 N–H and O–H groups in total. The quantitative estimate of drug-likeness (QED) is 0.229. The van der Waals surface area contributed by atoms with Gasteiger partial charge in [0.05, 0.1) is 0 Å². The van der Waals surface area contributed by atoms with Crippen molar-refractivity contribution in [2.75, 3.05) is 0 Å². The zero-order chi connectivity index (χ0) is 31.1. The molecule has 0 heterocycles. The van der Waals surface area contributed by atoms with Gasteiger partial charge in [-0.3, -0.25) is 0 Å². The highest BCUT2D eigenvalue weighted by Crippen LogP contribution is 2.65. The molecule has 0 fully saturated rings. The zero-order valence-corrected chi connectivity index (χ0v) is 15.5. The molecule has 0 bridgehead atoms. The van der Waals surface area contributed by atoms with E-state index in [4.69, 9.17) is 0 Å². The second-order valence-corrected chi connectivity index (χ2v) is 6.62. The first-order chi connectivity index (χ1) is 15.4. The van der Waals surface area contributed by atoms with Gasteiger partial charge in [-0.05, 0) is 0 Å². The van der Waals surface area contributed by atoms with Crippen molar-refractivity contribution in [3.63, 3.8) is 0 Å². The predicted octanol–water partition coefficient (Wildman–Crippen LogP) is 8.17. The summed E-state index contributed by atoms with van der Waals surface area (Å²) >= 11 is 0. The van der Waals surface area contributed by atoms with E-state index in [1.807, 2.05) is 0 Å². The van der Waals surface area contributed by atoms with Gasteiger partial charge in [0, 0.05) is 0 Å². The van der Waals surface area contributed by atoms with Crippen LogP contribution in [-0.2, 0) is 0 Å². The molecule has 1 unspecified atom stereocenters. The van der Waals surface area contributed by atoms with E-state index in [9.17, 15) is 110 Å². The lowest BCUT2D eigenvalue weighted by Gasteiger charge is -2.44. The Hall–Kier alpha value is -1.75. The third-order valence-corrected chi connectivity index (χ3v) is 4.16. The van der Waals surface area contributed by atoms with Gasteiger partial charge in [0.15, 0.2) is 0 Å². The van der Waals surface area contributed by atoms with Gasteiger partial charge in [0.2, 0.25) is 6.17 Å². The van der Waals surface area contributed by atoms with Gasteiger partial charge in [0.1, 0.15) is 0 Å². The first kappa shape index (κ1) is 35.2. The minimum atomic E-state index is -9.38. The van der Waals surface area contributed by atoms with Crippen LogP contribution in [-0.4, -0.2) is 71.8 Å². The lowest BCUT2D eigenvalue weighted by molar-refractivity contribution is -0.467. The average Bonchev–Trinajstić information content (AvgIpc) is 2.64. The second kappa shape index (κ2) is 8.37. The molecular formula is C12HF25. The Kier molecular flexibility index (Phi) is 7.98. The largest absolute Gasteiger partial charge is 0.460 e. The van der Waals surface area contributed by atoms with Gasteiger partial charge in [0.25, 0.3) is 0 Å². The normalized spacial score (nSPS) is 17.8. The van der Waals surface area contributed by atoms with Crippen molar-refractivity contribution in [3.8, 4) is 0 Å². The van der Waals surface area contributed by atoms with Crippen LogP contribution in [0.5, 0.6) is 0 Å². The van der Waals surface area contributed by atoms with E-state index in [0.29, 0.717) is 0 Å². The molecule has 0 rings (SSSR count). The van der Waals surface area contributed by atoms with E-state index in [0.717, 1.165) is 0 Å². The van der Waals surface area contributed by atoms with E-state index in [2.05, 4.69) is 0 Å². The highest BCUT2D eigenvalue weighted by Gasteiger charge is 2.96. The van der Waals surface area contributed by atoms with Gasteiger partial charge in [-0.1, -0.05) is 0 Å². The fraction of sp³-hybridized carbons (Fsp3) is 1.00. The smallest absolute Gasteiger partial charge is 0.234 e. The first-order valence-corrected chi connectivity index (χ1v) is 7.58. The van der Waals surface area contributed by atoms with Crippen molar-refractivity contribution >= 4 is 0 Å². The molecule has 0 spiro atoms. The van der Waals surface area contributed by atoms with Crippen molar-refractivity contribution in [1.82, 2.24) is 0 Å². The van der Waals surface area contributed by atoms with Gasteiger partial charge in [-0.15, -0.1) is 0 Å². The highest BCUT2D eigenvalue weighted by molar-refractivity contribution is 5.17. The van der Waals surface area contributed by atoms with E-state index < -0.39 is 71.8 Å². The lowest BCUT2D eigenvalue weighted by atomic mass is 9.86. The number of rotatable bonds is 9. The molecule has 1 atom stereocenters. The summed E-state index contributed by atoms with van der Waals surface area (Å²) in [5.74, 6) is -80.3. The Morgan fingerprint density at radius 2 is 0.432 bits per heavy atom. The van der Waals surface area contributed by atoms with Crippen LogP contribution in [0.1, 0.15) is 0 Å². The molecule has 0 aromatic carbocycles. The maximum atomic E-state index is 13.3. The molecule has 0 aliphatic heterocycles. The number of alkyl halides is 25. The molecule has 37 heavy (non-hydrogen) atoms. The van der Waals surface area contributed by atoms with Crippen LogP contribution in [0.2, 0.25) is 0 Å². The van der Waals surface area contributed by atoms with Crippen LogP contribution in [0.3, 0.4) is 0 Å². The standard InChI is InChI=1S/C12HF25/c13-1(3(16,17)5(20,21)11(32,33)34)2(14,15)4(18,19)6(22,23)7(24,25)8(26,27)9(28,29)10(30,31)12(35,36)37/h1H. The predicted molar refractivity (Wildman–Crippen MR) is 61.5 cm³/mol. The molecule has 0 aromatic heterocycles. The van der Waals surface area contributed by atoms with Crippen LogP contribution in [0.4, 0.5) is 110 Å². The maximum absolute atomic E-state index is 13.3. The van der Waals surface area contributed by atoms with Crippen molar-refractivity contribution < 1.29 is 110 Å². The Balaban J connectivity index is 7.07. The summed E-state index contributed by atoms with van der Waals surface area (Å²) in [6, 6.07) is 0. The lowest BCUT2D eigenvalue weighted by Crippen LogP contribution is -2.76. The molecule has 0 nitrogen and oxygen atoms in total. The average molecular weight is 620 g/mol. The van der Waals surface area contributed by atoms with E-state index >= 15 is 0 Å². The molecule has 0 aromatic rings. The highest BCUT2D eigenvalue weighted by atomic mass is 19.4. The van der Waals surface area contributed by atoms with E-state index in [-0.39, 0.29) is 0 Å². The van der Waals surface area contributed by atoms with Gasteiger partial charge in [-0.2, -0.15) is 105 Å². The molecule has 0 saturated carbocycles. The van der Waals surface area contributed by atoms with Crippen molar-refractivity contribution in [3.05, 3.63) is 0 Å². The second-order valence-electron chi connectivity index (χ2n) is 6.62. The summed E-state index contributed by atoms with van der Waals surface area (Å²) in [6.45, 7) is 0. The van der Waals surface area contributed by atoms with Crippen LogP contribution < -0.4 is 0 Å². The van der Waals surface area contributed by atoms with E-state index in [1.165, 1.54) is 0 Å². The summed E-state index contributed by atoms with van der Waals surface area (Å²) in [5, 5.41) is 0. The molecule has 0 radical (unpaired) electrons. The van der Waals surface area contributed by atoms with Gasteiger partial charge < -0.3 is 0 Å². The van der Waals surface area contributed by atoms with Crippen LogP contribution in [0, 0.1) is 0 Å². The fourth-order valence-corrected chi connectivity index (χ4v) is 1.91. The number of hydrogen-bond donors (Lipinski definition) is 0. The third-order valence-electron chi connectivity index (χ3n) is 4.16. The van der Waals surface area contributed by atoms with Crippen molar-refractivity contribution in [1.29, 1.82) is 0 Å². The minimum absolute atomic E-state index is 7.43. The Bertz CT molecular complexity index is 822. The molecule has 0 amide bonds. The summed E-state index contributed by atoms with van der Waals surface area (Å²) < 4.78 is 319. The first-order valence-electron chi connectivity index (χ1n) is 7.58. The third kappa shape index (κ3) is 4.28. The minimum Gasteiger partial charge on any atom is -0.234 e. The summed E-state index contributed by atoms with van der Waals surface area (Å²) in [5.41, 5.74) is 0. The molecule has 25 heteroatoms. The Morgan fingerprint density at radius 1 is 0.243 bits per heavy atom. The Morgan fingerprint density at radius 3 is 0.676 bits per heavy atom.